The van der Waals surface area contributed by atoms with Crippen LogP contribution in [0, 0.1) is 0 Å². The number of imide groups is 1. The average molecular weight is 289 g/mol. The summed E-state index contributed by atoms with van der Waals surface area (Å²) in [6.45, 7) is 0.170. The molecule has 21 heavy (non-hydrogen) atoms. The fourth-order valence-electron chi connectivity index (χ4n) is 3.04. The molecule has 7 nitrogen and oxygen atoms in total. The smallest absolute Gasteiger partial charge is 0.325 e. The van der Waals surface area contributed by atoms with E-state index in [1.807, 2.05) is 0 Å². The van der Waals surface area contributed by atoms with Crippen LogP contribution in [0.3, 0.4) is 0 Å². The Labute approximate surface area is 123 Å². The summed E-state index contributed by atoms with van der Waals surface area (Å²) in [4.78, 5) is 34.3. The Morgan fingerprint density at radius 2 is 2.00 bits per heavy atom. The normalized spacial score (nSPS) is 20.7. The van der Waals surface area contributed by atoms with Crippen LogP contribution in [0.25, 0.3) is 0 Å². The fourth-order valence-corrected chi connectivity index (χ4v) is 3.04. The molecule has 1 saturated heterocycles. The van der Waals surface area contributed by atoms with Gasteiger partial charge in [0.1, 0.15) is 11.4 Å². The van der Waals surface area contributed by atoms with E-state index >= 15 is 0 Å². The van der Waals surface area contributed by atoms with E-state index in [2.05, 4.69) is 20.6 Å². The molecule has 1 aliphatic carbocycles. The van der Waals surface area contributed by atoms with Gasteiger partial charge in [0.15, 0.2) is 0 Å². The number of carbonyl (C=O) groups excluding carboxylic acids is 2. The number of hydrogen-bond donors (Lipinski definition) is 2. The quantitative estimate of drug-likeness (QED) is 0.818. The minimum atomic E-state index is -0.673. The van der Waals surface area contributed by atoms with E-state index in [-0.39, 0.29) is 18.5 Å². The number of nitrogens with zero attached hydrogens (tertiary/aromatic N) is 3. The van der Waals surface area contributed by atoms with Crippen molar-refractivity contribution in [2.24, 2.45) is 0 Å². The number of carbonyl (C=O) groups is 2. The Kier molecular flexibility index (Phi) is 3.48. The molecule has 0 aromatic carbocycles. The molecule has 1 spiro atoms. The van der Waals surface area contributed by atoms with Crippen molar-refractivity contribution in [2.45, 2.75) is 44.2 Å². The largest absolute Gasteiger partial charge is 0.372 e. The van der Waals surface area contributed by atoms with Crippen LogP contribution in [-0.2, 0) is 11.3 Å². The van der Waals surface area contributed by atoms with Gasteiger partial charge in [-0.2, -0.15) is 0 Å². The zero-order valence-corrected chi connectivity index (χ0v) is 12.1. The van der Waals surface area contributed by atoms with Crippen LogP contribution >= 0.6 is 0 Å². The number of aromatic nitrogens is 2. The van der Waals surface area contributed by atoms with Gasteiger partial charge < -0.3 is 10.6 Å². The van der Waals surface area contributed by atoms with Crippen molar-refractivity contribution >= 4 is 17.8 Å². The number of hydrogen-bond acceptors (Lipinski definition) is 5. The van der Waals surface area contributed by atoms with Crippen molar-refractivity contribution in [1.29, 1.82) is 0 Å². The molecule has 1 aromatic rings. The maximum absolute atomic E-state index is 12.6. The average Bonchev–Trinajstić information content (AvgIpc) is 2.73. The molecular weight excluding hydrogens is 270 g/mol. The molecular formula is C14H19N5O2. The molecule has 1 aliphatic heterocycles. The van der Waals surface area contributed by atoms with Crippen molar-refractivity contribution in [1.82, 2.24) is 20.2 Å². The van der Waals surface area contributed by atoms with Gasteiger partial charge in [0.2, 0.25) is 0 Å². The van der Waals surface area contributed by atoms with E-state index in [1.54, 1.807) is 19.4 Å². The first-order valence-electron chi connectivity index (χ1n) is 7.27. The summed E-state index contributed by atoms with van der Waals surface area (Å²) in [5.74, 6) is 0.534. The van der Waals surface area contributed by atoms with Gasteiger partial charge in [-0.25, -0.2) is 9.78 Å². The van der Waals surface area contributed by atoms with E-state index in [9.17, 15) is 9.59 Å². The van der Waals surface area contributed by atoms with E-state index < -0.39 is 5.54 Å². The Balaban J connectivity index is 1.75. The molecule has 0 radical (unpaired) electrons. The second-order valence-corrected chi connectivity index (χ2v) is 5.61. The second-order valence-electron chi connectivity index (χ2n) is 5.61. The van der Waals surface area contributed by atoms with Crippen LogP contribution in [0.1, 0.15) is 37.8 Å². The standard InChI is InChI=1S/C14H19N5O2/c1-15-11-8-16-10(7-17-11)9-19-12(20)14(18-13(19)21)5-3-2-4-6-14/h7-8H,2-6,9H2,1H3,(H,15,17)(H,18,21). The number of anilines is 1. The summed E-state index contributed by atoms with van der Waals surface area (Å²) in [5, 5.41) is 5.77. The highest BCUT2D eigenvalue weighted by molar-refractivity contribution is 6.07. The number of rotatable bonds is 3. The highest BCUT2D eigenvalue weighted by Gasteiger charge is 2.51. The Morgan fingerprint density at radius 1 is 1.24 bits per heavy atom. The first-order valence-corrected chi connectivity index (χ1v) is 7.27. The van der Waals surface area contributed by atoms with E-state index in [1.165, 1.54) is 4.90 Å². The number of amides is 3. The maximum atomic E-state index is 12.6. The van der Waals surface area contributed by atoms with Crippen LogP contribution in [0.2, 0.25) is 0 Å². The third-order valence-corrected chi connectivity index (χ3v) is 4.23. The molecule has 3 rings (SSSR count). The lowest BCUT2D eigenvalue weighted by Gasteiger charge is -2.30. The van der Waals surface area contributed by atoms with Crippen molar-refractivity contribution < 1.29 is 9.59 Å². The van der Waals surface area contributed by atoms with Crippen LogP contribution in [0.15, 0.2) is 12.4 Å². The summed E-state index contributed by atoms with van der Waals surface area (Å²) < 4.78 is 0. The molecule has 1 aromatic heterocycles. The number of urea groups is 1. The van der Waals surface area contributed by atoms with Crippen molar-refractivity contribution in [3.63, 3.8) is 0 Å². The monoisotopic (exact) mass is 289 g/mol. The predicted octanol–water partition coefficient (Wildman–Crippen LogP) is 1.27. The first-order chi connectivity index (χ1) is 10.1. The third-order valence-electron chi connectivity index (χ3n) is 4.23. The van der Waals surface area contributed by atoms with Gasteiger partial charge in [-0.1, -0.05) is 19.3 Å². The molecule has 1 saturated carbocycles. The highest BCUT2D eigenvalue weighted by Crippen LogP contribution is 2.34. The molecule has 2 N–H and O–H groups in total. The SMILES string of the molecule is CNc1cnc(CN2C(=O)NC3(CCCCC3)C2=O)cn1. The molecule has 2 heterocycles. The van der Waals surface area contributed by atoms with Gasteiger partial charge in [0.25, 0.3) is 5.91 Å². The fraction of sp³-hybridized carbons (Fsp3) is 0.571. The molecule has 3 amide bonds. The lowest BCUT2D eigenvalue weighted by atomic mass is 9.82. The van der Waals surface area contributed by atoms with Crippen LogP contribution in [0.5, 0.6) is 0 Å². The molecule has 0 atom stereocenters. The topological polar surface area (TPSA) is 87.2 Å². The summed E-state index contributed by atoms with van der Waals surface area (Å²) in [5.41, 5.74) is -0.0708. The van der Waals surface area contributed by atoms with Gasteiger partial charge in [-0.15, -0.1) is 0 Å². The molecule has 7 heteroatoms. The highest BCUT2D eigenvalue weighted by atomic mass is 16.2. The summed E-state index contributed by atoms with van der Waals surface area (Å²) in [7, 11) is 1.76. The van der Waals surface area contributed by atoms with Crippen molar-refractivity contribution in [3.05, 3.63) is 18.1 Å². The summed E-state index contributed by atoms with van der Waals surface area (Å²) in [6.07, 6.45) is 7.73. The van der Waals surface area contributed by atoms with Gasteiger partial charge >= 0.3 is 6.03 Å². The summed E-state index contributed by atoms with van der Waals surface area (Å²) >= 11 is 0. The van der Waals surface area contributed by atoms with Crippen LogP contribution in [0.4, 0.5) is 10.6 Å². The zero-order chi connectivity index (χ0) is 14.9. The zero-order valence-electron chi connectivity index (χ0n) is 12.1. The Morgan fingerprint density at radius 3 is 2.62 bits per heavy atom. The van der Waals surface area contributed by atoms with Crippen LogP contribution in [-0.4, -0.2) is 39.4 Å². The lowest BCUT2D eigenvalue weighted by Crippen LogP contribution is -2.48. The molecule has 2 aliphatic rings. The minimum absolute atomic E-state index is 0.119. The molecule has 0 bridgehead atoms. The second kappa shape index (κ2) is 5.31. The van der Waals surface area contributed by atoms with Gasteiger partial charge in [0, 0.05) is 7.05 Å². The molecule has 112 valence electrons. The van der Waals surface area contributed by atoms with E-state index in [0.717, 1.165) is 32.1 Å². The third kappa shape index (κ3) is 2.43. The Bertz CT molecular complexity index is 551. The van der Waals surface area contributed by atoms with Gasteiger partial charge in [0.05, 0.1) is 24.6 Å². The minimum Gasteiger partial charge on any atom is -0.372 e. The maximum Gasteiger partial charge on any atom is 0.325 e. The van der Waals surface area contributed by atoms with E-state index in [4.69, 9.17) is 0 Å². The van der Waals surface area contributed by atoms with Gasteiger partial charge in [-0.05, 0) is 12.8 Å². The molecule has 2 fully saturated rings. The lowest BCUT2D eigenvalue weighted by molar-refractivity contribution is -0.132. The van der Waals surface area contributed by atoms with Gasteiger partial charge in [-0.3, -0.25) is 14.7 Å². The van der Waals surface area contributed by atoms with E-state index in [0.29, 0.717) is 11.5 Å². The van der Waals surface area contributed by atoms with Crippen LogP contribution < -0.4 is 10.6 Å². The summed E-state index contributed by atoms with van der Waals surface area (Å²) in [6, 6.07) is -0.318. The Hall–Kier alpha value is -2.18. The first kappa shape index (κ1) is 13.8. The van der Waals surface area contributed by atoms with Crippen molar-refractivity contribution in [2.75, 3.05) is 12.4 Å². The molecule has 0 unspecified atom stereocenters. The van der Waals surface area contributed by atoms with Crippen molar-refractivity contribution in [3.8, 4) is 0 Å². The predicted molar refractivity (Wildman–Crippen MR) is 76.5 cm³/mol. The number of nitrogens with one attached hydrogen (secondary N) is 2.